The first kappa shape index (κ1) is 11.6. The van der Waals surface area contributed by atoms with Crippen molar-refractivity contribution in [1.29, 1.82) is 0 Å². The van der Waals surface area contributed by atoms with E-state index in [4.69, 9.17) is 0 Å². The van der Waals surface area contributed by atoms with Crippen LogP contribution in [0.2, 0.25) is 0 Å². The van der Waals surface area contributed by atoms with Crippen LogP contribution < -0.4 is 5.32 Å². The quantitative estimate of drug-likeness (QED) is 0.825. The number of rotatable bonds is 3. The molecule has 1 N–H and O–H groups in total. The highest BCUT2D eigenvalue weighted by molar-refractivity contribution is 5.14. The molecule has 0 radical (unpaired) electrons. The van der Waals surface area contributed by atoms with Gasteiger partial charge in [0.2, 0.25) is 0 Å². The van der Waals surface area contributed by atoms with E-state index < -0.39 is 0 Å². The van der Waals surface area contributed by atoms with Crippen LogP contribution in [-0.4, -0.2) is 40.9 Å². The lowest BCUT2D eigenvalue weighted by molar-refractivity contribution is 0.226. The van der Waals surface area contributed by atoms with E-state index in [1.165, 1.54) is 31.5 Å². The number of nitrogens with one attached hydrogen (secondary N) is 1. The zero-order chi connectivity index (χ0) is 11.5. The number of piperidine rings is 1. The van der Waals surface area contributed by atoms with Crippen molar-refractivity contribution in [2.45, 2.75) is 32.4 Å². The van der Waals surface area contributed by atoms with Crippen molar-refractivity contribution in [3.05, 3.63) is 17.5 Å². The summed E-state index contributed by atoms with van der Waals surface area (Å²) in [6.45, 7) is 5.42. The molecule has 2 heterocycles. The monoisotopic (exact) mass is 222 g/mol. The number of likely N-dealkylation sites (tertiary alicyclic amines) is 1. The first-order chi connectivity index (χ1) is 7.65. The Bertz CT molecular complexity index is 345. The minimum absolute atomic E-state index is 0.637. The molecule has 1 atom stereocenters. The molecular weight excluding hydrogens is 200 g/mol. The van der Waals surface area contributed by atoms with E-state index >= 15 is 0 Å². The van der Waals surface area contributed by atoms with Crippen LogP contribution in [0, 0.1) is 6.92 Å². The van der Waals surface area contributed by atoms with Gasteiger partial charge in [-0.05, 0) is 33.4 Å². The summed E-state index contributed by atoms with van der Waals surface area (Å²) in [4.78, 5) is 2.40. The van der Waals surface area contributed by atoms with Crippen LogP contribution in [0.4, 0.5) is 0 Å². The molecule has 1 aromatic rings. The van der Waals surface area contributed by atoms with Gasteiger partial charge in [0.25, 0.3) is 0 Å². The number of aromatic nitrogens is 2. The minimum Gasteiger partial charge on any atom is -0.309 e. The molecule has 1 unspecified atom stereocenters. The summed E-state index contributed by atoms with van der Waals surface area (Å²) in [6, 6.07) is 0.637. The Balaban J connectivity index is 1.85. The number of aryl methyl sites for hydroxylation is 2. The lowest BCUT2D eigenvalue weighted by atomic mass is 10.1. The fourth-order valence-corrected chi connectivity index (χ4v) is 2.41. The van der Waals surface area contributed by atoms with Gasteiger partial charge in [-0.1, -0.05) is 0 Å². The average Bonchev–Trinajstić information content (AvgIpc) is 2.54. The normalized spacial score (nSPS) is 22.6. The van der Waals surface area contributed by atoms with E-state index in [0.717, 1.165) is 12.2 Å². The molecule has 0 saturated carbocycles. The van der Waals surface area contributed by atoms with E-state index in [0.29, 0.717) is 6.04 Å². The largest absolute Gasteiger partial charge is 0.309 e. The summed E-state index contributed by atoms with van der Waals surface area (Å²) < 4.78 is 1.89. The smallest absolute Gasteiger partial charge is 0.0638 e. The lowest BCUT2D eigenvalue weighted by Crippen LogP contribution is -2.43. The summed E-state index contributed by atoms with van der Waals surface area (Å²) in [5, 5.41) is 7.98. The fraction of sp³-hybridized carbons (Fsp3) is 0.750. The van der Waals surface area contributed by atoms with Crippen molar-refractivity contribution in [1.82, 2.24) is 20.0 Å². The highest BCUT2D eigenvalue weighted by Crippen LogP contribution is 2.10. The summed E-state index contributed by atoms with van der Waals surface area (Å²) in [5.74, 6) is 0. The highest BCUT2D eigenvalue weighted by atomic mass is 15.3. The van der Waals surface area contributed by atoms with Gasteiger partial charge in [0.1, 0.15) is 0 Å². The molecule has 0 aromatic carbocycles. The molecule has 0 amide bonds. The predicted molar refractivity (Wildman–Crippen MR) is 65.3 cm³/mol. The summed E-state index contributed by atoms with van der Waals surface area (Å²) in [6.07, 6.45) is 4.71. The topological polar surface area (TPSA) is 33.1 Å². The van der Waals surface area contributed by atoms with Crippen LogP contribution in [-0.2, 0) is 13.6 Å². The van der Waals surface area contributed by atoms with Gasteiger partial charge >= 0.3 is 0 Å². The molecular formula is C12H22N4. The van der Waals surface area contributed by atoms with Gasteiger partial charge in [-0.25, -0.2) is 0 Å². The summed E-state index contributed by atoms with van der Waals surface area (Å²) in [7, 11) is 4.17. The summed E-state index contributed by atoms with van der Waals surface area (Å²) in [5.41, 5.74) is 2.45. The van der Waals surface area contributed by atoms with E-state index in [2.05, 4.69) is 35.5 Å². The molecule has 0 aliphatic carbocycles. The van der Waals surface area contributed by atoms with Gasteiger partial charge in [0, 0.05) is 37.9 Å². The highest BCUT2D eigenvalue weighted by Gasteiger charge is 2.16. The summed E-state index contributed by atoms with van der Waals surface area (Å²) >= 11 is 0. The van der Waals surface area contributed by atoms with Crippen LogP contribution in [0.25, 0.3) is 0 Å². The van der Waals surface area contributed by atoms with E-state index in [9.17, 15) is 0 Å². The molecule has 0 spiro atoms. The van der Waals surface area contributed by atoms with Gasteiger partial charge in [-0.3, -0.25) is 4.68 Å². The molecule has 1 fully saturated rings. The molecule has 2 rings (SSSR count). The van der Waals surface area contributed by atoms with Crippen molar-refractivity contribution in [2.24, 2.45) is 7.05 Å². The Kier molecular flexibility index (Phi) is 3.61. The SMILES string of the molecule is Cc1nn(C)cc1CNC1CCCN(C)C1. The standard InChI is InChI=1S/C12H22N4/c1-10-11(8-16(3)14-10)7-13-12-5-4-6-15(2)9-12/h8,12-13H,4-7,9H2,1-3H3. The van der Waals surface area contributed by atoms with Crippen molar-refractivity contribution < 1.29 is 0 Å². The van der Waals surface area contributed by atoms with Gasteiger partial charge in [0.15, 0.2) is 0 Å². The maximum atomic E-state index is 4.36. The molecule has 1 aliphatic rings. The van der Waals surface area contributed by atoms with Crippen molar-refractivity contribution in [2.75, 3.05) is 20.1 Å². The molecule has 1 saturated heterocycles. The first-order valence-electron chi connectivity index (χ1n) is 6.06. The molecule has 1 aromatic heterocycles. The van der Waals surface area contributed by atoms with E-state index in [1.54, 1.807) is 0 Å². The Morgan fingerprint density at radius 1 is 1.50 bits per heavy atom. The molecule has 16 heavy (non-hydrogen) atoms. The van der Waals surface area contributed by atoms with Gasteiger partial charge in [-0.2, -0.15) is 5.10 Å². The number of likely N-dealkylation sites (N-methyl/N-ethyl adjacent to an activating group) is 1. The maximum absolute atomic E-state index is 4.36. The lowest BCUT2D eigenvalue weighted by Gasteiger charge is -2.30. The Morgan fingerprint density at radius 3 is 2.94 bits per heavy atom. The second kappa shape index (κ2) is 4.97. The second-order valence-corrected chi connectivity index (χ2v) is 4.90. The third kappa shape index (κ3) is 2.83. The van der Waals surface area contributed by atoms with E-state index in [-0.39, 0.29) is 0 Å². The van der Waals surface area contributed by atoms with Crippen LogP contribution in [0.1, 0.15) is 24.1 Å². The van der Waals surface area contributed by atoms with Crippen LogP contribution in [0.5, 0.6) is 0 Å². The van der Waals surface area contributed by atoms with Gasteiger partial charge < -0.3 is 10.2 Å². The first-order valence-corrected chi connectivity index (χ1v) is 6.06. The van der Waals surface area contributed by atoms with Crippen LogP contribution in [0.15, 0.2) is 6.20 Å². The van der Waals surface area contributed by atoms with Crippen LogP contribution >= 0.6 is 0 Å². The van der Waals surface area contributed by atoms with Crippen LogP contribution in [0.3, 0.4) is 0 Å². The number of nitrogens with zero attached hydrogens (tertiary/aromatic N) is 3. The van der Waals surface area contributed by atoms with Crippen molar-refractivity contribution in [3.8, 4) is 0 Å². The third-order valence-electron chi connectivity index (χ3n) is 3.32. The third-order valence-corrected chi connectivity index (χ3v) is 3.32. The number of hydrogen-bond acceptors (Lipinski definition) is 3. The minimum atomic E-state index is 0.637. The molecule has 1 aliphatic heterocycles. The van der Waals surface area contributed by atoms with E-state index in [1.807, 2.05) is 11.7 Å². The van der Waals surface area contributed by atoms with Crippen molar-refractivity contribution >= 4 is 0 Å². The predicted octanol–water partition coefficient (Wildman–Crippen LogP) is 0.912. The zero-order valence-electron chi connectivity index (χ0n) is 10.5. The Hall–Kier alpha value is -0.870. The number of hydrogen-bond donors (Lipinski definition) is 1. The molecule has 4 nitrogen and oxygen atoms in total. The Labute approximate surface area is 97.6 Å². The maximum Gasteiger partial charge on any atom is 0.0638 e. The van der Waals surface area contributed by atoms with Crippen molar-refractivity contribution in [3.63, 3.8) is 0 Å². The zero-order valence-corrected chi connectivity index (χ0v) is 10.5. The molecule has 4 heteroatoms. The second-order valence-electron chi connectivity index (χ2n) is 4.90. The molecule has 0 bridgehead atoms. The van der Waals surface area contributed by atoms with Gasteiger partial charge in [-0.15, -0.1) is 0 Å². The average molecular weight is 222 g/mol. The Morgan fingerprint density at radius 2 is 2.31 bits per heavy atom. The molecule has 90 valence electrons. The van der Waals surface area contributed by atoms with Gasteiger partial charge in [0.05, 0.1) is 5.69 Å². The fourth-order valence-electron chi connectivity index (χ4n) is 2.41.